The number of benzene rings is 1. The SMILES string of the molecule is C=C(C)CNC(N)=NCC(c1ccccc1)N(C)C. The standard InChI is InChI=1S/C15H24N4/c1-12(2)10-17-15(16)18-11-14(19(3)4)13-8-6-5-7-9-13/h5-9,14H,1,10-11H2,2-4H3,(H3,16,17,18). The lowest BCUT2D eigenvalue weighted by molar-refractivity contribution is 0.306. The van der Waals surface area contributed by atoms with Crippen molar-refractivity contribution in [3.05, 3.63) is 48.0 Å². The molecule has 0 saturated carbocycles. The summed E-state index contributed by atoms with van der Waals surface area (Å²) in [7, 11) is 4.09. The second-order valence-corrected chi connectivity index (χ2v) is 4.93. The molecular weight excluding hydrogens is 236 g/mol. The Kier molecular flexibility index (Phi) is 6.09. The Balaban J connectivity index is 2.65. The predicted octanol–water partition coefficient (Wildman–Crippen LogP) is 1.77. The number of hydrogen-bond donors (Lipinski definition) is 2. The second kappa shape index (κ2) is 7.59. The van der Waals surface area contributed by atoms with Crippen LogP contribution in [0.4, 0.5) is 0 Å². The molecule has 0 saturated heterocycles. The maximum absolute atomic E-state index is 5.83. The molecule has 1 aromatic carbocycles. The molecule has 1 aromatic rings. The minimum absolute atomic E-state index is 0.228. The molecule has 0 spiro atoms. The molecule has 0 aliphatic carbocycles. The number of guanidine groups is 1. The molecule has 104 valence electrons. The van der Waals surface area contributed by atoms with Gasteiger partial charge < -0.3 is 16.0 Å². The summed E-state index contributed by atoms with van der Waals surface area (Å²) in [6.07, 6.45) is 0. The molecule has 3 N–H and O–H groups in total. The zero-order valence-electron chi connectivity index (χ0n) is 12.1. The quantitative estimate of drug-likeness (QED) is 0.465. The first-order valence-electron chi connectivity index (χ1n) is 6.40. The molecule has 0 aliphatic rings. The molecule has 1 rings (SSSR count). The molecule has 0 aromatic heterocycles. The van der Waals surface area contributed by atoms with E-state index in [-0.39, 0.29) is 6.04 Å². The first-order chi connectivity index (χ1) is 9.00. The summed E-state index contributed by atoms with van der Waals surface area (Å²) in [4.78, 5) is 6.54. The van der Waals surface area contributed by atoms with Gasteiger partial charge in [0, 0.05) is 6.54 Å². The van der Waals surface area contributed by atoms with Crippen molar-refractivity contribution in [3.8, 4) is 0 Å². The number of rotatable bonds is 6. The van der Waals surface area contributed by atoms with Crippen LogP contribution in [0.2, 0.25) is 0 Å². The average Bonchev–Trinajstić information content (AvgIpc) is 2.37. The Morgan fingerprint density at radius 3 is 2.53 bits per heavy atom. The van der Waals surface area contributed by atoms with Gasteiger partial charge in [-0.2, -0.15) is 0 Å². The molecule has 0 aliphatic heterocycles. The molecule has 1 unspecified atom stereocenters. The maximum atomic E-state index is 5.83. The maximum Gasteiger partial charge on any atom is 0.188 e. The number of aliphatic imine (C=N–C) groups is 1. The number of nitrogens with two attached hydrogens (primary N) is 1. The Bertz CT molecular complexity index is 423. The summed E-state index contributed by atoms with van der Waals surface area (Å²) < 4.78 is 0. The van der Waals surface area contributed by atoms with Crippen LogP contribution in [0, 0.1) is 0 Å². The zero-order chi connectivity index (χ0) is 14.3. The van der Waals surface area contributed by atoms with Crippen LogP contribution in [0.1, 0.15) is 18.5 Å². The van der Waals surface area contributed by atoms with E-state index < -0.39 is 0 Å². The first kappa shape index (κ1) is 15.2. The molecule has 0 heterocycles. The van der Waals surface area contributed by atoms with Gasteiger partial charge in [-0.25, -0.2) is 0 Å². The molecule has 4 nitrogen and oxygen atoms in total. The van der Waals surface area contributed by atoms with Gasteiger partial charge in [0.25, 0.3) is 0 Å². The van der Waals surface area contributed by atoms with E-state index in [9.17, 15) is 0 Å². The van der Waals surface area contributed by atoms with Gasteiger partial charge >= 0.3 is 0 Å². The van der Waals surface area contributed by atoms with Crippen LogP contribution in [0.3, 0.4) is 0 Å². The van der Waals surface area contributed by atoms with Gasteiger partial charge in [0.05, 0.1) is 12.6 Å². The number of nitrogens with one attached hydrogen (secondary N) is 1. The molecule has 0 amide bonds. The molecule has 1 atom stereocenters. The lowest BCUT2D eigenvalue weighted by Gasteiger charge is -2.23. The van der Waals surface area contributed by atoms with Crippen molar-refractivity contribution in [3.63, 3.8) is 0 Å². The Morgan fingerprint density at radius 1 is 1.37 bits per heavy atom. The van der Waals surface area contributed by atoms with Gasteiger partial charge in [-0.05, 0) is 26.6 Å². The van der Waals surface area contributed by atoms with Gasteiger partial charge in [0.1, 0.15) is 0 Å². The number of nitrogens with zero attached hydrogens (tertiary/aromatic N) is 2. The minimum Gasteiger partial charge on any atom is -0.370 e. The van der Waals surface area contributed by atoms with Gasteiger partial charge in [-0.3, -0.25) is 4.99 Å². The topological polar surface area (TPSA) is 53.6 Å². The summed E-state index contributed by atoms with van der Waals surface area (Å²) in [5.41, 5.74) is 8.10. The van der Waals surface area contributed by atoms with Gasteiger partial charge in [0.2, 0.25) is 0 Å². The van der Waals surface area contributed by atoms with Crippen molar-refractivity contribution >= 4 is 5.96 Å². The van der Waals surface area contributed by atoms with E-state index in [1.807, 2.05) is 39.2 Å². The third-order valence-corrected chi connectivity index (χ3v) is 2.81. The summed E-state index contributed by atoms with van der Waals surface area (Å²) >= 11 is 0. The minimum atomic E-state index is 0.228. The van der Waals surface area contributed by atoms with E-state index in [4.69, 9.17) is 5.73 Å². The highest BCUT2D eigenvalue weighted by Gasteiger charge is 2.12. The van der Waals surface area contributed by atoms with E-state index in [0.29, 0.717) is 19.0 Å². The van der Waals surface area contributed by atoms with Gasteiger partial charge in [-0.1, -0.05) is 42.5 Å². The Hall–Kier alpha value is -1.81. The van der Waals surface area contributed by atoms with Crippen molar-refractivity contribution in [2.45, 2.75) is 13.0 Å². The number of hydrogen-bond acceptors (Lipinski definition) is 2. The van der Waals surface area contributed by atoms with E-state index in [2.05, 4.69) is 33.9 Å². The molecular formula is C15H24N4. The van der Waals surface area contributed by atoms with Gasteiger partial charge in [-0.15, -0.1) is 0 Å². The van der Waals surface area contributed by atoms with Crippen LogP contribution < -0.4 is 11.1 Å². The highest BCUT2D eigenvalue weighted by atomic mass is 15.1. The smallest absolute Gasteiger partial charge is 0.188 e. The van der Waals surface area contributed by atoms with Gasteiger partial charge in [0.15, 0.2) is 5.96 Å². The van der Waals surface area contributed by atoms with Crippen LogP contribution in [0.25, 0.3) is 0 Å². The van der Waals surface area contributed by atoms with E-state index in [0.717, 1.165) is 5.57 Å². The van der Waals surface area contributed by atoms with E-state index >= 15 is 0 Å². The Morgan fingerprint density at radius 2 is 2.00 bits per heavy atom. The molecule has 0 fully saturated rings. The summed E-state index contributed by atoms with van der Waals surface area (Å²) in [5, 5.41) is 3.04. The lowest BCUT2D eigenvalue weighted by Crippen LogP contribution is -2.34. The van der Waals surface area contributed by atoms with Crippen LogP contribution in [0.15, 0.2) is 47.5 Å². The van der Waals surface area contributed by atoms with Crippen molar-refractivity contribution in [2.24, 2.45) is 10.7 Å². The van der Waals surface area contributed by atoms with Crippen LogP contribution in [0.5, 0.6) is 0 Å². The summed E-state index contributed by atoms with van der Waals surface area (Å²) in [5.74, 6) is 0.464. The van der Waals surface area contributed by atoms with Crippen molar-refractivity contribution < 1.29 is 0 Å². The fourth-order valence-corrected chi connectivity index (χ4v) is 1.72. The van der Waals surface area contributed by atoms with Crippen LogP contribution in [-0.4, -0.2) is 38.0 Å². The lowest BCUT2D eigenvalue weighted by atomic mass is 10.1. The van der Waals surface area contributed by atoms with Crippen molar-refractivity contribution in [1.82, 2.24) is 10.2 Å². The molecule has 4 heteroatoms. The third kappa shape index (κ3) is 5.57. The predicted molar refractivity (Wildman–Crippen MR) is 82.2 cm³/mol. The summed E-state index contributed by atoms with van der Waals surface area (Å²) in [6, 6.07) is 10.5. The van der Waals surface area contributed by atoms with E-state index in [1.54, 1.807) is 0 Å². The monoisotopic (exact) mass is 260 g/mol. The fraction of sp³-hybridized carbons (Fsp3) is 0.400. The zero-order valence-corrected chi connectivity index (χ0v) is 12.1. The largest absolute Gasteiger partial charge is 0.370 e. The Labute approximate surface area is 116 Å². The molecule has 0 radical (unpaired) electrons. The van der Waals surface area contributed by atoms with E-state index in [1.165, 1.54) is 5.56 Å². The normalized spacial score (nSPS) is 13.4. The number of likely N-dealkylation sites (N-methyl/N-ethyl adjacent to an activating group) is 1. The van der Waals surface area contributed by atoms with Crippen LogP contribution in [-0.2, 0) is 0 Å². The molecule has 19 heavy (non-hydrogen) atoms. The average molecular weight is 260 g/mol. The first-order valence-corrected chi connectivity index (χ1v) is 6.40. The van der Waals surface area contributed by atoms with Crippen molar-refractivity contribution in [1.29, 1.82) is 0 Å². The van der Waals surface area contributed by atoms with Crippen LogP contribution >= 0.6 is 0 Å². The molecule has 0 bridgehead atoms. The second-order valence-electron chi connectivity index (χ2n) is 4.93. The van der Waals surface area contributed by atoms with Crippen molar-refractivity contribution in [2.75, 3.05) is 27.2 Å². The third-order valence-electron chi connectivity index (χ3n) is 2.81. The fourth-order valence-electron chi connectivity index (χ4n) is 1.72. The summed E-state index contributed by atoms with van der Waals surface area (Å²) in [6.45, 7) is 7.06. The highest BCUT2D eigenvalue weighted by Crippen LogP contribution is 2.17. The highest BCUT2D eigenvalue weighted by molar-refractivity contribution is 5.78.